The third-order valence-electron chi connectivity index (χ3n) is 3.39. The lowest BCUT2D eigenvalue weighted by Crippen LogP contribution is -2.40. The summed E-state index contributed by atoms with van der Waals surface area (Å²) in [4.78, 5) is 11.3. The molecule has 0 heterocycles. The van der Waals surface area contributed by atoms with Gasteiger partial charge in [-0.25, -0.2) is 4.79 Å². The minimum absolute atomic E-state index is 0.320. The second-order valence-electron chi connectivity index (χ2n) is 4.83. The number of hydrogen-bond acceptors (Lipinski definition) is 5. The Balaban J connectivity index is 4.16. The zero-order valence-electron chi connectivity index (χ0n) is 13.4. The Bertz CT molecular complexity index is 294. The summed E-state index contributed by atoms with van der Waals surface area (Å²) in [5.74, 6) is -1.25. The van der Waals surface area contributed by atoms with Crippen LogP contribution in [0.15, 0.2) is 12.2 Å². The monoisotopic (exact) mass is 304 g/mol. The summed E-state index contributed by atoms with van der Waals surface area (Å²) in [6.45, 7) is 7.81. The van der Waals surface area contributed by atoms with Gasteiger partial charge in [0, 0.05) is 41.7 Å². The molecule has 0 aromatic rings. The zero-order valence-corrected chi connectivity index (χ0v) is 14.5. The highest BCUT2D eigenvalue weighted by Crippen LogP contribution is 2.24. The Morgan fingerprint density at radius 1 is 1.20 bits per heavy atom. The highest BCUT2D eigenvalue weighted by atomic mass is 28.3. The second-order valence-corrected chi connectivity index (χ2v) is 8.37. The van der Waals surface area contributed by atoms with Crippen LogP contribution in [-0.4, -0.2) is 48.7 Å². The van der Waals surface area contributed by atoms with Gasteiger partial charge in [0.25, 0.3) is 5.97 Å². The number of esters is 1. The number of carbonyl (C=O) groups excluding carboxylic acids is 1. The quantitative estimate of drug-likeness (QED) is 0.193. The topological polar surface area (TPSA) is 54.0 Å². The van der Waals surface area contributed by atoms with Crippen LogP contribution in [0.3, 0.4) is 0 Å². The maximum atomic E-state index is 11.3. The fourth-order valence-corrected chi connectivity index (χ4v) is 4.82. The zero-order chi connectivity index (χ0) is 15.6. The summed E-state index contributed by atoms with van der Waals surface area (Å²) in [6.07, 6.45) is 0.858. The molecule has 1 atom stereocenters. The van der Waals surface area contributed by atoms with E-state index in [9.17, 15) is 4.79 Å². The average molecular weight is 304 g/mol. The van der Waals surface area contributed by atoms with Crippen molar-refractivity contribution in [2.24, 2.45) is 0 Å². The highest BCUT2D eigenvalue weighted by Gasteiger charge is 2.33. The SMILES string of the molecule is C=C(C)C(=O)OCCC[SiH](CC)CC(OC)(OC)OC. The smallest absolute Gasteiger partial charge is 0.333 e. The van der Waals surface area contributed by atoms with E-state index in [2.05, 4.69) is 13.5 Å². The van der Waals surface area contributed by atoms with Crippen LogP contribution in [0.4, 0.5) is 0 Å². The van der Waals surface area contributed by atoms with E-state index in [1.807, 2.05) is 0 Å². The molecule has 0 saturated heterocycles. The normalized spacial score (nSPS) is 13.1. The molecular formula is C14H28O5Si. The van der Waals surface area contributed by atoms with Gasteiger partial charge in [0.05, 0.1) is 6.61 Å². The van der Waals surface area contributed by atoms with E-state index < -0.39 is 14.8 Å². The maximum Gasteiger partial charge on any atom is 0.333 e. The van der Waals surface area contributed by atoms with Gasteiger partial charge in [0.2, 0.25) is 0 Å². The van der Waals surface area contributed by atoms with Gasteiger partial charge in [-0.15, -0.1) is 0 Å². The molecule has 20 heavy (non-hydrogen) atoms. The van der Waals surface area contributed by atoms with Crippen molar-refractivity contribution in [3.63, 3.8) is 0 Å². The van der Waals surface area contributed by atoms with E-state index in [1.54, 1.807) is 28.3 Å². The molecule has 0 rings (SSSR count). The van der Waals surface area contributed by atoms with E-state index in [0.29, 0.717) is 12.2 Å². The Kier molecular flexibility index (Phi) is 9.74. The van der Waals surface area contributed by atoms with Gasteiger partial charge in [0.1, 0.15) is 0 Å². The molecule has 118 valence electrons. The third-order valence-corrected chi connectivity index (χ3v) is 6.84. The van der Waals surface area contributed by atoms with Crippen LogP contribution in [-0.2, 0) is 23.7 Å². The van der Waals surface area contributed by atoms with Crippen molar-refractivity contribution in [1.29, 1.82) is 0 Å². The van der Waals surface area contributed by atoms with Crippen LogP contribution < -0.4 is 0 Å². The first-order valence-corrected chi connectivity index (χ1v) is 9.37. The van der Waals surface area contributed by atoms with Crippen LogP contribution in [0.2, 0.25) is 18.1 Å². The summed E-state index contributed by atoms with van der Waals surface area (Å²) in [5, 5.41) is 0. The largest absolute Gasteiger partial charge is 0.462 e. The molecule has 0 saturated carbocycles. The van der Waals surface area contributed by atoms with Crippen molar-refractivity contribution in [3.05, 3.63) is 12.2 Å². The van der Waals surface area contributed by atoms with Gasteiger partial charge in [0.15, 0.2) is 0 Å². The van der Waals surface area contributed by atoms with Gasteiger partial charge in [-0.3, -0.25) is 0 Å². The molecule has 0 aromatic carbocycles. The van der Waals surface area contributed by atoms with Gasteiger partial charge in [-0.1, -0.05) is 25.6 Å². The van der Waals surface area contributed by atoms with E-state index >= 15 is 0 Å². The van der Waals surface area contributed by atoms with E-state index in [0.717, 1.165) is 24.6 Å². The number of ether oxygens (including phenoxy) is 4. The molecule has 5 nitrogen and oxygen atoms in total. The Morgan fingerprint density at radius 3 is 2.15 bits per heavy atom. The lowest BCUT2D eigenvalue weighted by molar-refractivity contribution is -0.340. The molecule has 0 bridgehead atoms. The molecule has 0 fully saturated rings. The van der Waals surface area contributed by atoms with Crippen LogP contribution in [0, 0.1) is 0 Å². The predicted molar refractivity (Wildman–Crippen MR) is 81.4 cm³/mol. The van der Waals surface area contributed by atoms with Gasteiger partial charge in [-0.2, -0.15) is 0 Å². The van der Waals surface area contributed by atoms with Crippen molar-refractivity contribution in [2.45, 2.75) is 44.4 Å². The minimum atomic E-state index is -1.07. The van der Waals surface area contributed by atoms with Gasteiger partial charge < -0.3 is 18.9 Å². The summed E-state index contributed by atoms with van der Waals surface area (Å²) < 4.78 is 21.1. The number of hydrogen-bond donors (Lipinski definition) is 0. The molecular weight excluding hydrogens is 276 g/mol. The summed E-state index contributed by atoms with van der Waals surface area (Å²) >= 11 is 0. The average Bonchev–Trinajstić information content (AvgIpc) is 2.47. The summed E-state index contributed by atoms with van der Waals surface area (Å²) in [6, 6.07) is 2.95. The molecule has 0 aliphatic carbocycles. The fourth-order valence-electron chi connectivity index (χ4n) is 1.96. The summed E-state index contributed by atoms with van der Waals surface area (Å²) in [7, 11) is 3.69. The van der Waals surface area contributed by atoms with Crippen LogP contribution in [0.5, 0.6) is 0 Å². The third kappa shape index (κ3) is 6.65. The lowest BCUT2D eigenvalue weighted by atomic mass is 10.4. The van der Waals surface area contributed by atoms with Crippen molar-refractivity contribution in [2.75, 3.05) is 27.9 Å². The molecule has 6 heteroatoms. The number of carbonyl (C=O) groups is 1. The Hall–Kier alpha value is -0.693. The van der Waals surface area contributed by atoms with Crippen LogP contribution in [0.25, 0.3) is 0 Å². The first-order chi connectivity index (χ1) is 9.44. The summed E-state index contributed by atoms with van der Waals surface area (Å²) in [5.41, 5.74) is 0.437. The highest BCUT2D eigenvalue weighted by molar-refractivity contribution is 6.58. The van der Waals surface area contributed by atoms with Gasteiger partial charge in [-0.05, 0) is 13.3 Å². The van der Waals surface area contributed by atoms with E-state index in [1.165, 1.54) is 0 Å². The molecule has 0 spiro atoms. The molecule has 0 aromatic heterocycles. The Morgan fingerprint density at radius 2 is 1.75 bits per heavy atom. The molecule has 0 aliphatic heterocycles. The van der Waals surface area contributed by atoms with E-state index in [4.69, 9.17) is 18.9 Å². The van der Waals surface area contributed by atoms with Crippen molar-refractivity contribution in [3.8, 4) is 0 Å². The molecule has 0 amide bonds. The molecule has 0 aliphatic rings. The van der Waals surface area contributed by atoms with Crippen molar-refractivity contribution < 1.29 is 23.7 Å². The predicted octanol–water partition coefficient (Wildman–Crippen LogP) is 2.34. The standard InChI is InChI=1S/C14H28O5Si/c1-7-20(11-14(16-4,17-5)18-6)10-8-9-19-13(15)12(2)3/h20H,2,7-11H2,1,3-6H3. The van der Waals surface area contributed by atoms with Crippen molar-refractivity contribution >= 4 is 14.8 Å². The second kappa shape index (κ2) is 10.1. The lowest BCUT2D eigenvalue weighted by Gasteiger charge is -2.31. The molecule has 0 radical (unpaired) electrons. The first-order valence-electron chi connectivity index (χ1n) is 6.92. The van der Waals surface area contributed by atoms with E-state index in [-0.39, 0.29) is 5.97 Å². The Labute approximate surface area is 123 Å². The maximum absolute atomic E-state index is 11.3. The molecule has 0 N–H and O–H groups in total. The fraction of sp³-hybridized carbons (Fsp3) is 0.786. The van der Waals surface area contributed by atoms with Gasteiger partial charge >= 0.3 is 5.97 Å². The van der Waals surface area contributed by atoms with Crippen molar-refractivity contribution in [1.82, 2.24) is 0 Å². The first kappa shape index (κ1) is 19.3. The number of rotatable bonds is 11. The molecule has 1 unspecified atom stereocenters. The van der Waals surface area contributed by atoms with Crippen LogP contribution in [0.1, 0.15) is 20.3 Å². The van der Waals surface area contributed by atoms with Crippen LogP contribution >= 0.6 is 0 Å². The number of methoxy groups -OCH3 is 3. The minimum Gasteiger partial charge on any atom is -0.462 e.